The molecule has 0 radical (unpaired) electrons. The van der Waals surface area contributed by atoms with Crippen LogP contribution in [0.5, 0.6) is 5.75 Å². The van der Waals surface area contributed by atoms with Crippen LogP contribution >= 0.6 is 0 Å². The minimum absolute atomic E-state index is 0.0859. The van der Waals surface area contributed by atoms with Gasteiger partial charge in [-0.05, 0) is 41.0 Å². The largest absolute Gasteiger partial charge is 0.493 e. The Labute approximate surface area is 153 Å². The Morgan fingerprint density at radius 1 is 1.19 bits per heavy atom. The third kappa shape index (κ3) is 3.94. The van der Waals surface area contributed by atoms with E-state index < -0.39 is 0 Å². The van der Waals surface area contributed by atoms with E-state index >= 15 is 0 Å². The standard InChI is InChI=1S/C21H23N3O2/c25-21(6-4-17-3-5-20-19(14-17)7-13-26-20)24-11-9-23(10-12-24)16-18-2-1-8-22-15-18/h1-6,8,14-15H,7,9-13,16H2/b6-4+. The maximum absolute atomic E-state index is 12.5. The van der Waals surface area contributed by atoms with Crippen LogP contribution < -0.4 is 4.74 Å². The second-order valence-corrected chi connectivity index (χ2v) is 6.76. The van der Waals surface area contributed by atoms with Crippen molar-refractivity contribution in [1.29, 1.82) is 0 Å². The highest BCUT2D eigenvalue weighted by Crippen LogP contribution is 2.26. The van der Waals surface area contributed by atoms with Crippen LogP contribution in [-0.2, 0) is 17.8 Å². The van der Waals surface area contributed by atoms with Gasteiger partial charge >= 0.3 is 0 Å². The molecule has 1 aromatic heterocycles. The number of fused-ring (bicyclic) bond motifs is 1. The van der Waals surface area contributed by atoms with Crippen molar-refractivity contribution in [2.75, 3.05) is 32.8 Å². The number of pyridine rings is 1. The average Bonchev–Trinajstić information content (AvgIpc) is 3.15. The molecule has 0 bridgehead atoms. The van der Waals surface area contributed by atoms with Gasteiger partial charge in [-0.3, -0.25) is 14.7 Å². The number of nitrogens with zero attached hydrogens (tertiary/aromatic N) is 3. The number of piperazine rings is 1. The summed E-state index contributed by atoms with van der Waals surface area (Å²) < 4.78 is 5.52. The zero-order valence-corrected chi connectivity index (χ0v) is 14.8. The number of hydrogen-bond acceptors (Lipinski definition) is 4. The Morgan fingerprint density at radius 2 is 2.08 bits per heavy atom. The Bertz CT molecular complexity index is 796. The minimum atomic E-state index is 0.0859. The highest BCUT2D eigenvalue weighted by atomic mass is 16.5. The summed E-state index contributed by atoms with van der Waals surface area (Å²) in [6.07, 6.45) is 8.24. The van der Waals surface area contributed by atoms with E-state index in [0.29, 0.717) is 0 Å². The van der Waals surface area contributed by atoms with Crippen molar-refractivity contribution < 1.29 is 9.53 Å². The van der Waals surface area contributed by atoms with Gasteiger partial charge in [0.2, 0.25) is 5.91 Å². The van der Waals surface area contributed by atoms with Crippen LogP contribution in [0.25, 0.3) is 6.08 Å². The SMILES string of the molecule is O=C(/C=C/c1ccc2c(c1)CCO2)N1CCN(Cc2cccnc2)CC1. The summed E-state index contributed by atoms with van der Waals surface area (Å²) >= 11 is 0. The lowest BCUT2D eigenvalue weighted by Gasteiger charge is -2.34. The Hall–Kier alpha value is -2.66. The molecular formula is C21H23N3O2. The first kappa shape index (κ1) is 16.8. The molecular weight excluding hydrogens is 326 g/mol. The van der Waals surface area contributed by atoms with E-state index in [-0.39, 0.29) is 5.91 Å². The molecule has 1 fully saturated rings. The quantitative estimate of drug-likeness (QED) is 0.795. The Balaban J connectivity index is 1.29. The van der Waals surface area contributed by atoms with Gasteiger partial charge in [0.05, 0.1) is 6.61 Å². The number of carbonyl (C=O) groups excluding carboxylic acids is 1. The highest BCUT2D eigenvalue weighted by molar-refractivity contribution is 5.91. The van der Waals surface area contributed by atoms with Gasteiger partial charge in [-0.1, -0.05) is 12.1 Å². The summed E-state index contributed by atoms with van der Waals surface area (Å²) in [4.78, 5) is 20.9. The first-order valence-corrected chi connectivity index (χ1v) is 9.12. The first-order chi connectivity index (χ1) is 12.8. The van der Waals surface area contributed by atoms with Gasteiger partial charge in [-0.25, -0.2) is 0 Å². The van der Waals surface area contributed by atoms with Gasteiger partial charge in [-0.2, -0.15) is 0 Å². The van der Waals surface area contributed by atoms with Crippen molar-refractivity contribution >= 4 is 12.0 Å². The van der Waals surface area contributed by atoms with Gasteiger partial charge in [0.1, 0.15) is 5.75 Å². The van der Waals surface area contributed by atoms with E-state index in [1.807, 2.05) is 35.4 Å². The Morgan fingerprint density at radius 3 is 2.88 bits per heavy atom. The summed E-state index contributed by atoms with van der Waals surface area (Å²) in [5.74, 6) is 1.06. The molecule has 1 aromatic carbocycles. The van der Waals surface area contributed by atoms with Crippen LogP contribution in [0.15, 0.2) is 48.8 Å². The van der Waals surface area contributed by atoms with Crippen molar-refractivity contribution in [2.45, 2.75) is 13.0 Å². The molecule has 26 heavy (non-hydrogen) atoms. The van der Waals surface area contributed by atoms with Crippen LogP contribution in [-0.4, -0.2) is 53.5 Å². The summed E-state index contributed by atoms with van der Waals surface area (Å²) in [5.41, 5.74) is 3.49. The number of hydrogen-bond donors (Lipinski definition) is 0. The van der Waals surface area contributed by atoms with Gasteiger partial charge in [0.15, 0.2) is 0 Å². The summed E-state index contributed by atoms with van der Waals surface area (Å²) in [5, 5.41) is 0. The van der Waals surface area contributed by atoms with Gasteiger partial charge in [0, 0.05) is 57.6 Å². The van der Waals surface area contributed by atoms with E-state index in [1.165, 1.54) is 11.1 Å². The normalized spacial score (nSPS) is 17.3. The molecule has 0 aliphatic carbocycles. The smallest absolute Gasteiger partial charge is 0.246 e. The minimum Gasteiger partial charge on any atom is -0.493 e. The van der Waals surface area contributed by atoms with E-state index in [0.717, 1.165) is 57.1 Å². The van der Waals surface area contributed by atoms with E-state index in [1.54, 1.807) is 12.3 Å². The average molecular weight is 349 g/mol. The lowest BCUT2D eigenvalue weighted by atomic mass is 10.1. The number of rotatable bonds is 4. The summed E-state index contributed by atoms with van der Waals surface area (Å²) in [6.45, 7) is 4.96. The molecule has 2 aromatic rings. The molecule has 5 heteroatoms. The zero-order chi connectivity index (χ0) is 17.8. The molecule has 0 saturated carbocycles. The van der Waals surface area contributed by atoms with E-state index in [9.17, 15) is 4.79 Å². The number of ether oxygens (including phenoxy) is 1. The number of carbonyl (C=O) groups is 1. The number of amides is 1. The molecule has 3 heterocycles. The maximum atomic E-state index is 12.5. The molecule has 1 saturated heterocycles. The van der Waals surface area contributed by atoms with Crippen molar-refractivity contribution in [2.24, 2.45) is 0 Å². The second kappa shape index (κ2) is 7.70. The van der Waals surface area contributed by atoms with Crippen LogP contribution in [0.3, 0.4) is 0 Å². The fraction of sp³-hybridized carbons (Fsp3) is 0.333. The first-order valence-electron chi connectivity index (χ1n) is 9.12. The summed E-state index contributed by atoms with van der Waals surface area (Å²) in [6, 6.07) is 10.2. The topological polar surface area (TPSA) is 45.7 Å². The number of aromatic nitrogens is 1. The molecule has 5 nitrogen and oxygen atoms in total. The molecule has 1 amide bonds. The lowest BCUT2D eigenvalue weighted by Crippen LogP contribution is -2.47. The summed E-state index contributed by atoms with van der Waals surface area (Å²) in [7, 11) is 0. The van der Waals surface area contributed by atoms with Gasteiger partial charge in [-0.15, -0.1) is 0 Å². The monoisotopic (exact) mass is 349 g/mol. The van der Waals surface area contributed by atoms with Crippen molar-refractivity contribution in [3.8, 4) is 5.75 Å². The molecule has 0 atom stereocenters. The third-order valence-electron chi connectivity index (χ3n) is 4.94. The third-order valence-corrected chi connectivity index (χ3v) is 4.94. The molecule has 2 aliphatic heterocycles. The van der Waals surface area contributed by atoms with Crippen molar-refractivity contribution in [3.05, 3.63) is 65.5 Å². The second-order valence-electron chi connectivity index (χ2n) is 6.76. The predicted molar refractivity (Wildman–Crippen MR) is 101 cm³/mol. The molecule has 0 N–H and O–H groups in total. The van der Waals surface area contributed by atoms with Crippen LogP contribution in [0.1, 0.15) is 16.7 Å². The van der Waals surface area contributed by atoms with Gasteiger partial charge < -0.3 is 9.64 Å². The van der Waals surface area contributed by atoms with Crippen LogP contribution in [0.2, 0.25) is 0 Å². The van der Waals surface area contributed by atoms with E-state index in [4.69, 9.17) is 4.74 Å². The fourth-order valence-corrected chi connectivity index (χ4v) is 3.46. The molecule has 134 valence electrons. The number of benzene rings is 1. The predicted octanol–water partition coefficient (Wildman–Crippen LogP) is 2.37. The Kier molecular flexibility index (Phi) is 4.97. The van der Waals surface area contributed by atoms with Crippen molar-refractivity contribution in [3.63, 3.8) is 0 Å². The zero-order valence-electron chi connectivity index (χ0n) is 14.8. The van der Waals surface area contributed by atoms with Crippen LogP contribution in [0.4, 0.5) is 0 Å². The molecule has 4 rings (SSSR count). The molecule has 0 spiro atoms. The highest BCUT2D eigenvalue weighted by Gasteiger charge is 2.19. The van der Waals surface area contributed by atoms with Crippen LogP contribution in [0, 0.1) is 0 Å². The molecule has 2 aliphatic rings. The lowest BCUT2D eigenvalue weighted by molar-refractivity contribution is -0.127. The maximum Gasteiger partial charge on any atom is 0.246 e. The van der Waals surface area contributed by atoms with Gasteiger partial charge in [0.25, 0.3) is 0 Å². The fourth-order valence-electron chi connectivity index (χ4n) is 3.46. The molecule has 0 unspecified atom stereocenters. The van der Waals surface area contributed by atoms with Crippen molar-refractivity contribution in [1.82, 2.24) is 14.8 Å². The van der Waals surface area contributed by atoms with E-state index in [2.05, 4.69) is 22.0 Å².